The molecule has 0 rings (SSSR count). The Bertz CT molecular complexity index is 798. The van der Waals surface area contributed by atoms with Crippen LogP contribution in [0.4, 0.5) is 0 Å². The molecule has 13 heteroatoms. The fourth-order valence-corrected chi connectivity index (χ4v) is 2.92. The number of rotatable bonds is 16. The normalized spacial score (nSPS) is 14.3. The highest BCUT2D eigenvalue weighted by atomic mass is 16.4. The zero-order chi connectivity index (χ0) is 27.3. The Morgan fingerprint density at radius 2 is 1.23 bits per heavy atom. The van der Waals surface area contributed by atoms with Crippen LogP contribution >= 0.6 is 0 Å². The van der Waals surface area contributed by atoms with Gasteiger partial charge >= 0.3 is 11.9 Å². The molecule has 0 saturated carbocycles. The van der Waals surface area contributed by atoms with Gasteiger partial charge in [-0.3, -0.25) is 28.8 Å². The summed E-state index contributed by atoms with van der Waals surface area (Å²) in [6.45, 7) is 7.79. The molecule has 0 aliphatic rings. The van der Waals surface area contributed by atoms with E-state index in [1.807, 2.05) is 0 Å². The molecular formula is C22H35N4O9. The number of carboxylic acids is 2. The fourth-order valence-electron chi connectivity index (χ4n) is 2.92. The van der Waals surface area contributed by atoms with Crippen LogP contribution in [-0.4, -0.2) is 76.2 Å². The molecular weight excluding hydrogens is 464 g/mol. The van der Waals surface area contributed by atoms with Crippen LogP contribution < -0.4 is 21.3 Å². The van der Waals surface area contributed by atoms with Crippen LogP contribution in [-0.2, 0) is 33.6 Å². The topological polar surface area (TPSA) is 210 Å². The average Bonchev–Trinajstić information content (AvgIpc) is 2.74. The summed E-state index contributed by atoms with van der Waals surface area (Å²) in [6.07, 6.45) is -1.01. The highest BCUT2D eigenvalue weighted by Crippen LogP contribution is 2.09. The first-order valence-electron chi connectivity index (χ1n) is 11.2. The van der Waals surface area contributed by atoms with Crippen LogP contribution in [0, 0.1) is 11.8 Å². The predicted octanol–water partition coefficient (Wildman–Crippen LogP) is -0.799. The fraction of sp³-hybridized carbons (Fsp3) is 0.682. The Labute approximate surface area is 203 Å². The maximum atomic E-state index is 12.9. The number of carboxylic acid groups (broad SMARTS) is 2. The van der Waals surface area contributed by atoms with E-state index in [1.54, 1.807) is 27.7 Å². The summed E-state index contributed by atoms with van der Waals surface area (Å²) in [7, 11) is 0. The predicted molar refractivity (Wildman–Crippen MR) is 122 cm³/mol. The Balaban J connectivity index is 5.66. The van der Waals surface area contributed by atoms with Gasteiger partial charge in [0.15, 0.2) is 0 Å². The molecule has 4 amide bonds. The zero-order valence-electron chi connectivity index (χ0n) is 20.6. The van der Waals surface area contributed by atoms with Gasteiger partial charge in [0.2, 0.25) is 17.7 Å². The molecule has 0 aromatic heterocycles. The molecule has 5 N–H and O–H groups in total. The lowest BCUT2D eigenvalue weighted by atomic mass is 10.00. The lowest BCUT2D eigenvalue weighted by molar-refractivity contribution is -0.140. The highest BCUT2D eigenvalue weighted by Gasteiger charge is 2.32. The Kier molecular flexibility index (Phi) is 13.9. The van der Waals surface area contributed by atoms with Gasteiger partial charge in [0.1, 0.15) is 30.5 Å². The summed E-state index contributed by atoms with van der Waals surface area (Å²) < 4.78 is 0. The largest absolute Gasteiger partial charge is 0.481 e. The first-order valence-corrected chi connectivity index (χ1v) is 11.2. The zero-order valence-corrected chi connectivity index (χ0v) is 20.6. The lowest BCUT2D eigenvalue weighted by Crippen LogP contribution is -2.57. The molecule has 0 aliphatic carbocycles. The second-order valence-corrected chi connectivity index (χ2v) is 8.75. The van der Waals surface area contributed by atoms with Gasteiger partial charge in [-0.15, -0.1) is 0 Å². The number of nitrogens with one attached hydrogen (secondary N) is 3. The van der Waals surface area contributed by atoms with Crippen molar-refractivity contribution < 1.29 is 43.8 Å². The van der Waals surface area contributed by atoms with Gasteiger partial charge in [0.25, 0.3) is 5.91 Å². The Morgan fingerprint density at radius 3 is 1.60 bits per heavy atom. The molecule has 13 nitrogen and oxygen atoms in total. The highest BCUT2D eigenvalue weighted by molar-refractivity contribution is 5.94. The number of nitrogens with zero attached hydrogens (tertiary/aromatic N) is 1. The van der Waals surface area contributed by atoms with Crippen LogP contribution in [0.15, 0.2) is 0 Å². The number of hydrogen-bond acceptors (Lipinski definition) is 7. The number of amides is 4. The first-order chi connectivity index (χ1) is 16.2. The smallest absolute Gasteiger partial charge is 0.303 e. The number of hydrogen-bond donors (Lipinski definition) is 5. The van der Waals surface area contributed by atoms with E-state index in [4.69, 9.17) is 10.2 Å². The van der Waals surface area contributed by atoms with E-state index >= 15 is 0 Å². The minimum atomic E-state index is -1.40. The number of aldehydes is 1. The molecule has 0 saturated heterocycles. The second kappa shape index (κ2) is 15.4. The molecule has 197 valence electrons. The third kappa shape index (κ3) is 12.5. The van der Waals surface area contributed by atoms with E-state index in [-0.39, 0.29) is 18.8 Å². The molecule has 0 aromatic rings. The molecule has 0 aliphatic heterocycles. The molecule has 0 unspecified atom stereocenters. The third-order valence-corrected chi connectivity index (χ3v) is 4.95. The number of aliphatic carboxylic acids is 2. The summed E-state index contributed by atoms with van der Waals surface area (Å²) in [5.41, 5.74) is 0. The summed E-state index contributed by atoms with van der Waals surface area (Å²) >= 11 is 0. The molecule has 1 radical (unpaired) electrons. The molecule has 0 spiro atoms. The van der Waals surface area contributed by atoms with Crippen LogP contribution in [0.3, 0.4) is 0 Å². The van der Waals surface area contributed by atoms with Gasteiger partial charge in [-0.25, -0.2) is 5.32 Å². The molecule has 4 atom stereocenters. The Morgan fingerprint density at radius 1 is 0.771 bits per heavy atom. The van der Waals surface area contributed by atoms with Crippen molar-refractivity contribution in [3.63, 3.8) is 0 Å². The standard InChI is InChI=1S/C22H35N4O9/c1-11(2)16(10-27)25-22(35)19(12(3)4)26-21(34)15(7-9-18(31)32)24-20(33)14(23-13(5)28)6-8-17(29)30/h10-12,14-16,19H,6-9H2,1-5H3,(H,23,28)(H,24,33)(H,26,34)(H,29,30)(H,31,32)/t14-,15-,16+,19-/m0/s1. The summed E-state index contributed by atoms with van der Waals surface area (Å²) in [4.78, 5) is 82.9. The SMILES string of the molecule is CC(=O)N[C@@H](CCC(=O)O)C(=O)N[C@@H](CCC(=O)O)C(=O)N[C@H](C(=O)[N][C@H](C=O)C(C)C)C(C)C. The molecule has 0 heterocycles. The first kappa shape index (κ1) is 31.5. The van der Waals surface area contributed by atoms with E-state index in [0.29, 0.717) is 6.29 Å². The van der Waals surface area contributed by atoms with E-state index in [0.717, 1.165) is 6.92 Å². The van der Waals surface area contributed by atoms with Gasteiger partial charge in [-0.2, -0.15) is 0 Å². The quantitative estimate of drug-likeness (QED) is 0.168. The van der Waals surface area contributed by atoms with Gasteiger partial charge < -0.3 is 31.0 Å². The molecule has 0 fully saturated rings. The van der Waals surface area contributed by atoms with Crippen molar-refractivity contribution in [3.05, 3.63) is 0 Å². The maximum Gasteiger partial charge on any atom is 0.303 e. The van der Waals surface area contributed by atoms with Gasteiger partial charge in [0, 0.05) is 19.8 Å². The van der Waals surface area contributed by atoms with Crippen LogP contribution in [0.5, 0.6) is 0 Å². The third-order valence-electron chi connectivity index (χ3n) is 4.95. The van der Waals surface area contributed by atoms with E-state index in [2.05, 4.69) is 21.3 Å². The van der Waals surface area contributed by atoms with Gasteiger partial charge in [0.05, 0.1) is 0 Å². The molecule has 35 heavy (non-hydrogen) atoms. The van der Waals surface area contributed by atoms with Crippen molar-refractivity contribution in [1.82, 2.24) is 21.3 Å². The minimum absolute atomic E-state index is 0.251. The lowest BCUT2D eigenvalue weighted by Gasteiger charge is -2.27. The van der Waals surface area contributed by atoms with E-state index in [9.17, 15) is 33.6 Å². The molecule has 0 bridgehead atoms. The van der Waals surface area contributed by atoms with Crippen LogP contribution in [0.2, 0.25) is 0 Å². The van der Waals surface area contributed by atoms with Crippen molar-refractivity contribution in [2.24, 2.45) is 11.8 Å². The Hall–Kier alpha value is -3.51. The average molecular weight is 500 g/mol. The monoisotopic (exact) mass is 499 g/mol. The summed E-state index contributed by atoms with van der Waals surface area (Å²) in [6, 6.07) is -4.73. The number of carbonyl (C=O) groups is 7. The van der Waals surface area contributed by atoms with Crippen molar-refractivity contribution >= 4 is 41.9 Å². The van der Waals surface area contributed by atoms with Gasteiger partial charge in [-0.05, 0) is 24.7 Å². The van der Waals surface area contributed by atoms with E-state index < -0.39 is 78.5 Å². The molecule has 0 aromatic carbocycles. The van der Waals surface area contributed by atoms with Gasteiger partial charge in [-0.1, -0.05) is 27.7 Å². The maximum absolute atomic E-state index is 12.9. The number of carbonyl (C=O) groups excluding carboxylic acids is 5. The van der Waals surface area contributed by atoms with Crippen molar-refractivity contribution in [1.29, 1.82) is 0 Å². The second-order valence-electron chi connectivity index (χ2n) is 8.75. The summed E-state index contributed by atoms with van der Waals surface area (Å²) in [5, 5.41) is 28.8. The van der Waals surface area contributed by atoms with Crippen molar-refractivity contribution in [2.45, 2.75) is 84.5 Å². The minimum Gasteiger partial charge on any atom is -0.481 e. The van der Waals surface area contributed by atoms with Crippen LogP contribution in [0.25, 0.3) is 0 Å². The van der Waals surface area contributed by atoms with Crippen molar-refractivity contribution in [3.8, 4) is 0 Å². The van der Waals surface area contributed by atoms with Crippen molar-refractivity contribution in [2.75, 3.05) is 0 Å². The summed E-state index contributed by atoms with van der Waals surface area (Å²) in [5.74, 6) is -6.25. The van der Waals surface area contributed by atoms with E-state index in [1.165, 1.54) is 0 Å². The van der Waals surface area contributed by atoms with Crippen LogP contribution in [0.1, 0.15) is 60.3 Å².